The molecule has 3 heterocycles. The summed E-state index contributed by atoms with van der Waals surface area (Å²) in [6.45, 7) is -0.103. The standard InChI is InChI=1S/C26H23N4O6P/c27-26-23(5-3-13-30(26)17-35-37(31,32)33)25-15-21(29-36-25)14-18-7-11-22(12-8-18)34-16-20-10-9-19-4-1-2-6-24(19)28-20/h1-13,15,27H,14,16-17H2,(H2,31,32,33). The quantitative estimate of drug-likeness (QED) is 0.221. The number of benzene rings is 2. The van der Waals surface area contributed by atoms with Crippen molar-refractivity contribution in [1.29, 1.82) is 0 Å². The largest absolute Gasteiger partial charge is 0.756 e. The molecule has 1 atom stereocenters. The maximum Gasteiger partial charge on any atom is 0.285 e. The number of hydrogen-bond donors (Lipinski definition) is 2. The van der Waals surface area contributed by atoms with Crippen molar-refractivity contribution >= 4 is 24.5 Å². The van der Waals surface area contributed by atoms with Gasteiger partial charge in [0.15, 0.2) is 12.5 Å². The van der Waals surface area contributed by atoms with E-state index in [1.54, 1.807) is 18.2 Å². The molecule has 0 radical (unpaired) electrons. The van der Waals surface area contributed by atoms with Crippen molar-refractivity contribution in [3.05, 3.63) is 102 Å². The van der Waals surface area contributed by atoms with E-state index in [1.807, 2.05) is 60.7 Å². The van der Waals surface area contributed by atoms with Gasteiger partial charge < -0.3 is 19.0 Å². The number of rotatable bonds is 9. The second kappa shape index (κ2) is 10.5. The van der Waals surface area contributed by atoms with Gasteiger partial charge in [0.2, 0.25) is 0 Å². The minimum Gasteiger partial charge on any atom is -0.756 e. The number of nitrogen functional groups attached to an aromatic ring is 1. The Morgan fingerprint density at radius 1 is 1.03 bits per heavy atom. The lowest BCUT2D eigenvalue weighted by atomic mass is 10.1. The summed E-state index contributed by atoms with van der Waals surface area (Å²) in [5.41, 5.74) is 10.1. The molecule has 5 aromatic rings. The average molecular weight is 518 g/mol. The molecule has 3 aromatic heterocycles. The molecule has 0 aliphatic carbocycles. The fourth-order valence-corrected chi connectivity index (χ4v) is 4.07. The second-order valence-electron chi connectivity index (χ2n) is 8.29. The molecule has 10 nitrogen and oxygen atoms in total. The van der Waals surface area contributed by atoms with Crippen LogP contribution < -0.4 is 19.9 Å². The Kier molecular flexibility index (Phi) is 6.98. The van der Waals surface area contributed by atoms with Gasteiger partial charge in [0.25, 0.3) is 13.6 Å². The van der Waals surface area contributed by atoms with Gasteiger partial charge in [-0.1, -0.05) is 41.6 Å². The normalized spacial score (nSPS) is 12.9. The number of anilines is 1. The fraction of sp³-hybridized carbons (Fsp3) is 0.115. The lowest BCUT2D eigenvalue weighted by Gasteiger charge is -2.14. The van der Waals surface area contributed by atoms with Crippen molar-refractivity contribution in [2.75, 3.05) is 5.73 Å². The van der Waals surface area contributed by atoms with E-state index in [0.717, 1.165) is 27.9 Å². The van der Waals surface area contributed by atoms with Crippen molar-refractivity contribution in [2.24, 2.45) is 0 Å². The Morgan fingerprint density at radius 2 is 1.84 bits per heavy atom. The molecule has 5 rings (SSSR count). The van der Waals surface area contributed by atoms with Crippen LogP contribution in [0.15, 0.2) is 89.6 Å². The molecule has 3 N–H and O–H groups in total. The van der Waals surface area contributed by atoms with Gasteiger partial charge in [0.05, 0.1) is 23.1 Å². The van der Waals surface area contributed by atoms with Crippen LogP contribution in [-0.2, 0) is 28.8 Å². The molecular formula is C26H23N4O6P. The molecule has 0 spiro atoms. The van der Waals surface area contributed by atoms with Crippen LogP contribution in [0.5, 0.6) is 5.75 Å². The first-order valence-electron chi connectivity index (χ1n) is 11.3. The van der Waals surface area contributed by atoms with Crippen molar-refractivity contribution in [2.45, 2.75) is 19.8 Å². The zero-order valence-electron chi connectivity index (χ0n) is 19.6. The van der Waals surface area contributed by atoms with Gasteiger partial charge in [-0.15, -0.1) is 0 Å². The molecule has 0 saturated heterocycles. The topological polar surface area (TPSA) is 148 Å². The first-order chi connectivity index (χ1) is 17.8. The smallest absolute Gasteiger partial charge is 0.285 e. The van der Waals surface area contributed by atoms with Crippen molar-refractivity contribution in [1.82, 2.24) is 10.1 Å². The maximum absolute atomic E-state index is 10.9. The fourth-order valence-electron chi connectivity index (χ4n) is 3.80. The third-order valence-corrected chi connectivity index (χ3v) is 6.09. The highest BCUT2D eigenvalue weighted by Crippen LogP contribution is 2.30. The number of hydrogen-bond acceptors (Lipinski definition) is 8. The third kappa shape index (κ3) is 6.19. The lowest BCUT2D eigenvalue weighted by molar-refractivity contribution is -0.712. The second-order valence-corrected chi connectivity index (χ2v) is 9.49. The summed E-state index contributed by atoms with van der Waals surface area (Å²) in [7, 11) is -4.88. The minimum absolute atomic E-state index is 0.195. The van der Waals surface area contributed by atoms with E-state index in [0.29, 0.717) is 30.0 Å². The molecule has 188 valence electrons. The first kappa shape index (κ1) is 24.6. The summed E-state index contributed by atoms with van der Waals surface area (Å²) in [6, 6.07) is 24.8. The van der Waals surface area contributed by atoms with Crippen LogP contribution in [0, 0.1) is 0 Å². The Morgan fingerprint density at radius 3 is 2.65 bits per heavy atom. The molecule has 0 bridgehead atoms. The van der Waals surface area contributed by atoms with Crippen LogP contribution in [0.2, 0.25) is 0 Å². The molecule has 0 aliphatic heterocycles. The number of pyridine rings is 2. The van der Waals surface area contributed by atoms with Gasteiger partial charge >= 0.3 is 0 Å². The highest BCUT2D eigenvalue weighted by Gasteiger charge is 2.18. The van der Waals surface area contributed by atoms with Gasteiger partial charge in [-0.25, -0.2) is 9.55 Å². The lowest BCUT2D eigenvalue weighted by Crippen LogP contribution is -2.38. The Hall–Kier alpha value is -4.08. The summed E-state index contributed by atoms with van der Waals surface area (Å²) in [5.74, 6) is 1.34. The predicted octanol–water partition coefficient (Wildman–Crippen LogP) is 3.36. The monoisotopic (exact) mass is 518 g/mol. The number of fused-ring (bicyclic) bond motifs is 1. The SMILES string of the molecule is Nc1c(-c2cc(Cc3ccc(OCc4ccc5ccccc5n4)cc3)no2)ccc[n+]1COP(=O)([O-])O. The average Bonchev–Trinajstić information content (AvgIpc) is 3.35. The van der Waals surface area contributed by atoms with E-state index in [2.05, 4.69) is 14.7 Å². The number of nitrogens with zero attached hydrogens (tertiary/aromatic N) is 3. The number of phosphoric ester groups is 1. The molecule has 2 aromatic carbocycles. The molecule has 0 fully saturated rings. The predicted molar refractivity (Wildman–Crippen MR) is 133 cm³/mol. The van der Waals surface area contributed by atoms with E-state index in [1.165, 1.54) is 10.8 Å². The van der Waals surface area contributed by atoms with Gasteiger partial charge in [-0.3, -0.25) is 14.8 Å². The van der Waals surface area contributed by atoms with Crippen LogP contribution in [0.4, 0.5) is 5.82 Å². The molecule has 1 unspecified atom stereocenters. The van der Waals surface area contributed by atoms with E-state index in [4.69, 9.17) is 19.9 Å². The first-order valence-corrected chi connectivity index (χ1v) is 12.8. The summed E-state index contributed by atoms with van der Waals surface area (Å²) < 4.78 is 28.0. The van der Waals surface area contributed by atoms with E-state index in [-0.39, 0.29) is 5.82 Å². The van der Waals surface area contributed by atoms with Crippen LogP contribution in [0.3, 0.4) is 0 Å². The van der Waals surface area contributed by atoms with Crippen LogP contribution in [0.1, 0.15) is 17.0 Å². The summed E-state index contributed by atoms with van der Waals surface area (Å²) >= 11 is 0. The number of para-hydroxylation sites is 1. The molecular weight excluding hydrogens is 495 g/mol. The number of ether oxygens (including phenoxy) is 1. The van der Waals surface area contributed by atoms with E-state index < -0.39 is 14.6 Å². The minimum atomic E-state index is -4.88. The molecule has 0 amide bonds. The Balaban J connectivity index is 1.21. The van der Waals surface area contributed by atoms with Crippen molar-refractivity contribution in [3.8, 4) is 17.1 Å². The molecule has 0 saturated carbocycles. The van der Waals surface area contributed by atoms with Gasteiger partial charge in [-0.2, -0.15) is 0 Å². The van der Waals surface area contributed by atoms with Crippen molar-refractivity contribution < 1.29 is 32.7 Å². The van der Waals surface area contributed by atoms with E-state index in [9.17, 15) is 9.46 Å². The van der Waals surface area contributed by atoms with Crippen molar-refractivity contribution in [3.63, 3.8) is 0 Å². The van der Waals surface area contributed by atoms with Gasteiger partial charge in [0, 0.05) is 17.9 Å². The van der Waals surface area contributed by atoms with Gasteiger partial charge in [-0.05, 0) is 42.0 Å². The Labute approximate surface area is 212 Å². The van der Waals surface area contributed by atoms with E-state index >= 15 is 0 Å². The molecule has 37 heavy (non-hydrogen) atoms. The highest BCUT2D eigenvalue weighted by molar-refractivity contribution is 7.44. The maximum atomic E-state index is 10.9. The summed E-state index contributed by atoms with van der Waals surface area (Å²) in [6.07, 6.45) is 2.04. The third-order valence-electron chi connectivity index (χ3n) is 5.65. The number of nitrogens with two attached hydrogens (primary N) is 1. The molecule has 11 heteroatoms. The van der Waals surface area contributed by atoms with Crippen LogP contribution in [-0.4, -0.2) is 15.0 Å². The van der Waals surface area contributed by atoms with Gasteiger partial charge in [0.1, 0.15) is 17.9 Å². The van der Waals surface area contributed by atoms with Crippen LogP contribution in [0.25, 0.3) is 22.2 Å². The van der Waals surface area contributed by atoms with Crippen LogP contribution >= 0.6 is 7.82 Å². The zero-order valence-corrected chi connectivity index (χ0v) is 20.5. The summed E-state index contributed by atoms with van der Waals surface area (Å²) in [5, 5.41) is 5.21. The molecule has 0 aliphatic rings. The zero-order chi connectivity index (χ0) is 25.8. The number of phosphoric acid groups is 1. The summed E-state index contributed by atoms with van der Waals surface area (Å²) in [4.78, 5) is 24.3. The highest BCUT2D eigenvalue weighted by atomic mass is 31.2. The Bertz CT molecular complexity index is 1580. The number of aromatic nitrogens is 3.